The van der Waals surface area contributed by atoms with Crippen molar-refractivity contribution in [2.45, 2.75) is 0 Å². The Bertz CT molecular complexity index is 329. The Labute approximate surface area is 89.3 Å². The van der Waals surface area contributed by atoms with Crippen molar-refractivity contribution in [1.82, 2.24) is 19.8 Å². The Hall–Kier alpha value is -1.49. The number of aromatic nitrogens is 2. The van der Waals surface area contributed by atoms with E-state index in [4.69, 9.17) is 5.41 Å². The number of rotatable bonds is 1. The lowest BCUT2D eigenvalue weighted by Gasteiger charge is -2.33. The molecule has 0 saturated carbocycles. The first-order valence-electron chi connectivity index (χ1n) is 5.06. The number of amidine groups is 1. The number of hydrogen-bond donors (Lipinski definition) is 1. The Kier molecular flexibility index (Phi) is 2.91. The van der Waals surface area contributed by atoms with Gasteiger partial charge < -0.3 is 9.80 Å². The minimum absolute atomic E-state index is 0.483. The summed E-state index contributed by atoms with van der Waals surface area (Å²) < 4.78 is 0. The van der Waals surface area contributed by atoms with Crippen LogP contribution in [0, 0.1) is 5.41 Å². The van der Waals surface area contributed by atoms with Gasteiger partial charge in [0.1, 0.15) is 11.5 Å². The van der Waals surface area contributed by atoms with Gasteiger partial charge >= 0.3 is 0 Å². The number of piperazine rings is 1. The lowest BCUT2D eigenvalue weighted by Crippen LogP contribution is -2.47. The Morgan fingerprint density at radius 1 is 1.27 bits per heavy atom. The van der Waals surface area contributed by atoms with Crippen LogP contribution in [0.25, 0.3) is 0 Å². The predicted molar refractivity (Wildman–Crippen MR) is 57.9 cm³/mol. The first-order valence-corrected chi connectivity index (χ1v) is 5.06. The van der Waals surface area contributed by atoms with E-state index < -0.39 is 0 Å². The van der Waals surface area contributed by atoms with Crippen molar-refractivity contribution >= 4 is 5.84 Å². The van der Waals surface area contributed by atoms with Gasteiger partial charge in [-0.25, -0.2) is 4.98 Å². The van der Waals surface area contributed by atoms with Crippen LogP contribution in [0.3, 0.4) is 0 Å². The van der Waals surface area contributed by atoms with Gasteiger partial charge in [-0.05, 0) is 7.05 Å². The summed E-state index contributed by atoms with van der Waals surface area (Å²) >= 11 is 0. The van der Waals surface area contributed by atoms with E-state index in [0.29, 0.717) is 11.5 Å². The Morgan fingerprint density at radius 3 is 2.60 bits per heavy atom. The van der Waals surface area contributed by atoms with Gasteiger partial charge in [-0.1, -0.05) is 0 Å². The highest BCUT2D eigenvalue weighted by molar-refractivity contribution is 5.94. The van der Waals surface area contributed by atoms with Gasteiger partial charge in [0.05, 0.1) is 6.20 Å². The topological polar surface area (TPSA) is 56.1 Å². The SMILES string of the molecule is CN1CCN(C(=N)c2cnccn2)CC1. The summed E-state index contributed by atoms with van der Waals surface area (Å²) in [5.74, 6) is 0.483. The fourth-order valence-corrected chi connectivity index (χ4v) is 1.61. The average molecular weight is 205 g/mol. The normalized spacial score (nSPS) is 17.8. The molecular formula is C10H15N5. The molecular weight excluding hydrogens is 190 g/mol. The second-order valence-corrected chi connectivity index (χ2v) is 3.73. The van der Waals surface area contributed by atoms with E-state index in [9.17, 15) is 0 Å². The number of hydrogen-bond acceptors (Lipinski definition) is 4. The Morgan fingerprint density at radius 2 is 2.00 bits per heavy atom. The molecule has 1 fully saturated rings. The number of nitrogens with one attached hydrogen (secondary N) is 1. The number of nitrogens with zero attached hydrogens (tertiary/aromatic N) is 4. The van der Waals surface area contributed by atoms with Crippen molar-refractivity contribution in [3.63, 3.8) is 0 Å². The van der Waals surface area contributed by atoms with E-state index in [0.717, 1.165) is 26.2 Å². The van der Waals surface area contributed by atoms with Crippen LogP contribution in [0.2, 0.25) is 0 Å². The smallest absolute Gasteiger partial charge is 0.148 e. The lowest BCUT2D eigenvalue weighted by molar-refractivity contribution is 0.215. The van der Waals surface area contributed by atoms with Crippen LogP contribution in [0.1, 0.15) is 5.69 Å². The molecule has 1 aromatic rings. The van der Waals surface area contributed by atoms with Crippen LogP contribution in [0.15, 0.2) is 18.6 Å². The van der Waals surface area contributed by atoms with Crippen LogP contribution in [0.5, 0.6) is 0 Å². The molecule has 1 saturated heterocycles. The molecule has 0 radical (unpaired) electrons. The van der Waals surface area contributed by atoms with Crippen LogP contribution in [0.4, 0.5) is 0 Å². The minimum atomic E-state index is 0.483. The summed E-state index contributed by atoms with van der Waals surface area (Å²) in [6, 6.07) is 0. The molecule has 2 heterocycles. The highest BCUT2D eigenvalue weighted by atomic mass is 15.3. The summed E-state index contributed by atoms with van der Waals surface area (Å²) in [5.41, 5.74) is 0.655. The maximum Gasteiger partial charge on any atom is 0.148 e. The molecule has 5 nitrogen and oxygen atoms in total. The molecule has 0 amide bonds. The molecule has 1 N–H and O–H groups in total. The molecule has 0 spiro atoms. The highest BCUT2D eigenvalue weighted by Crippen LogP contribution is 2.04. The van der Waals surface area contributed by atoms with Gasteiger partial charge in [-0.3, -0.25) is 10.4 Å². The molecule has 0 aromatic carbocycles. The molecule has 0 aliphatic carbocycles. The van der Waals surface area contributed by atoms with E-state index in [1.54, 1.807) is 18.6 Å². The molecule has 5 heteroatoms. The van der Waals surface area contributed by atoms with E-state index in [-0.39, 0.29) is 0 Å². The van der Waals surface area contributed by atoms with Crippen molar-refractivity contribution < 1.29 is 0 Å². The van der Waals surface area contributed by atoms with Crippen molar-refractivity contribution in [1.29, 1.82) is 5.41 Å². The quantitative estimate of drug-likeness (QED) is 0.520. The predicted octanol–water partition coefficient (Wildman–Crippen LogP) is 0.0494. The number of likely N-dealkylation sites (N-methyl/N-ethyl adjacent to an activating group) is 1. The lowest BCUT2D eigenvalue weighted by atomic mass is 10.3. The van der Waals surface area contributed by atoms with Gasteiger partial charge in [0.15, 0.2) is 0 Å². The maximum absolute atomic E-state index is 7.99. The van der Waals surface area contributed by atoms with Gasteiger partial charge in [-0.2, -0.15) is 0 Å². The molecule has 1 aromatic heterocycles. The fraction of sp³-hybridized carbons (Fsp3) is 0.500. The summed E-state index contributed by atoms with van der Waals surface area (Å²) in [7, 11) is 2.10. The maximum atomic E-state index is 7.99. The van der Waals surface area contributed by atoms with Crippen LogP contribution in [-0.4, -0.2) is 58.8 Å². The summed E-state index contributed by atoms with van der Waals surface area (Å²) in [5, 5.41) is 7.99. The van der Waals surface area contributed by atoms with E-state index >= 15 is 0 Å². The molecule has 0 bridgehead atoms. The largest absolute Gasteiger partial charge is 0.353 e. The standard InChI is InChI=1S/C10H15N5/c1-14-4-6-15(7-5-14)10(11)9-8-12-2-3-13-9/h2-3,8,11H,4-7H2,1H3. The second kappa shape index (κ2) is 4.35. The highest BCUT2D eigenvalue weighted by Gasteiger charge is 2.18. The third-order valence-electron chi connectivity index (χ3n) is 2.63. The van der Waals surface area contributed by atoms with Crippen molar-refractivity contribution in [2.24, 2.45) is 0 Å². The molecule has 1 aliphatic rings. The van der Waals surface area contributed by atoms with Crippen molar-refractivity contribution in [2.75, 3.05) is 33.2 Å². The second-order valence-electron chi connectivity index (χ2n) is 3.73. The molecule has 2 rings (SSSR count). The third kappa shape index (κ3) is 2.30. The molecule has 1 aliphatic heterocycles. The van der Waals surface area contributed by atoms with Crippen LogP contribution < -0.4 is 0 Å². The van der Waals surface area contributed by atoms with E-state index in [1.165, 1.54) is 0 Å². The van der Waals surface area contributed by atoms with E-state index in [2.05, 4.69) is 21.9 Å². The van der Waals surface area contributed by atoms with Crippen LogP contribution in [-0.2, 0) is 0 Å². The van der Waals surface area contributed by atoms with Gasteiger partial charge in [0.25, 0.3) is 0 Å². The van der Waals surface area contributed by atoms with Gasteiger partial charge in [-0.15, -0.1) is 0 Å². The molecule has 0 atom stereocenters. The van der Waals surface area contributed by atoms with Gasteiger partial charge in [0.2, 0.25) is 0 Å². The van der Waals surface area contributed by atoms with Crippen LogP contribution >= 0.6 is 0 Å². The monoisotopic (exact) mass is 205 g/mol. The Balaban J connectivity index is 2.03. The van der Waals surface area contributed by atoms with Crippen molar-refractivity contribution in [3.05, 3.63) is 24.3 Å². The third-order valence-corrected chi connectivity index (χ3v) is 2.63. The zero-order chi connectivity index (χ0) is 10.7. The van der Waals surface area contributed by atoms with E-state index in [1.807, 2.05) is 4.90 Å². The first kappa shape index (κ1) is 10.0. The average Bonchev–Trinajstić information content (AvgIpc) is 2.30. The molecule has 15 heavy (non-hydrogen) atoms. The zero-order valence-electron chi connectivity index (χ0n) is 8.85. The minimum Gasteiger partial charge on any atom is -0.353 e. The summed E-state index contributed by atoms with van der Waals surface area (Å²) in [6.45, 7) is 3.79. The van der Waals surface area contributed by atoms with Crippen molar-refractivity contribution in [3.8, 4) is 0 Å². The van der Waals surface area contributed by atoms with Gasteiger partial charge in [0, 0.05) is 38.6 Å². The zero-order valence-corrected chi connectivity index (χ0v) is 8.85. The molecule has 80 valence electrons. The fourth-order valence-electron chi connectivity index (χ4n) is 1.61. The summed E-state index contributed by atoms with van der Waals surface area (Å²) in [4.78, 5) is 12.4. The summed E-state index contributed by atoms with van der Waals surface area (Å²) in [6.07, 6.45) is 4.89. The first-order chi connectivity index (χ1) is 7.27. The molecule has 0 unspecified atom stereocenters.